The number of aliphatic carboxylic acids is 1. The Balaban J connectivity index is 3.01. The van der Waals surface area contributed by atoms with Crippen molar-refractivity contribution in [3.8, 4) is 11.5 Å². The van der Waals surface area contributed by atoms with Crippen LogP contribution in [0.15, 0.2) is 18.2 Å². The summed E-state index contributed by atoms with van der Waals surface area (Å²) >= 11 is 0. The van der Waals surface area contributed by atoms with Gasteiger partial charge in [0.25, 0.3) is 0 Å². The summed E-state index contributed by atoms with van der Waals surface area (Å²) < 4.78 is 21.3. The van der Waals surface area contributed by atoms with Crippen LogP contribution in [-0.4, -0.2) is 54.5 Å². The highest BCUT2D eigenvalue weighted by Gasteiger charge is 2.29. The summed E-state index contributed by atoms with van der Waals surface area (Å²) in [6.45, 7) is 17.8. The van der Waals surface area contributed by atoms with Gasteiger partial charge in [-0.1, -0.05) is 26.8 Å². The summed E-state index contributed by atoms with van der Waals surface area (Å²) in [6.07, 6.45) is -1.46. The number of carboxylic acids is 1. The molecule has 0 spiro atoms. The number of nitrogens with one attached hydrogen (secondary N) is 1. The Kier molecular flexibility index (Phi) is 11.3. The van der Waals surface area contributed by atoms with Gasteiger partial charge in [-0.2, -0.15) is 0 Å². The average molecular weight is 538 g/mol. The lowest BCUT2D eigenvalue weighted by Gasteiger charge is -2.22. The van der Waals surface area contributed by atoms with Crippen LogP contribution in [-0.2, 0) is 30.3 Å². The fourth-order valence-electron chi connectivity index (χ4n) is 2.66. The van der Waals surface area contributed by atoms with Crippen LogP contribution in [0.1, 0.15) is 74.8 Å². The molecule has 10 heteroatoms. The SMILES string of the molecule is CC(CN[C@@H](Cc1ccc(OC(=O)C(C)(C)C)c(OC(=O)C(C)(C)C)c1)C(=O)O)OC(=O)OCC(C)(C)C. The van der Waals surface area contributed by atoms with E-state index in [1.54, 1.807) is 54.5 Å². The van der Waals surface area contributed by atoms with Crippen molar-refractivity contribution in [3.05, 3.63) is 23.8 Å². The predicted molar refractivity (Wildman–Crippen MR) is 141 cm³/mol. The number of benzene rings is 1. The van der Waals surface area contributed by atoms with Gasteiger partial charge in [-0.25, -0.2) is 4.79 Å². The van der Waals surface area contributed by atoms with Crippen LogP contribution in [0.2, 0.25) is 0 Å². The molecular formula is C28H43NO9. The zero-order chi connectivity index (χ0) is 29.5. The van der Waals surface area contributed by atoms with Gasteiger partial charge in [0.1, 0.15) is 12.1 Å². The van der Waals surface area contributed by atoms with E-state index < -0.39 is 47.0 Å². The molecule has 10 nitrogen and oxygen atoms in total. The number of ether oxygens (including phenoxy) is 4. The molecule has 1 aromatic carbocycles. The first-order valence-corrected chi connectivity index (χ1v) is 12.6. The van der Waals surface area contributed by atoms with Gasteiger partial charge in [0, 0.05) is 6.54 Å². The molecule has 0 aromatic heterocycles. The summed E-state index contributed by atoms with van der Waals surface area (Å²) in [5, 5.41) is 12.6. The number of carboxylic acid groups (broad SMARTS) is 1. The van der Waals surface area contributed by atoms with Gasteiger partial charge >= 0.3 is 24.1 Å². The van der Waals surface area contributed by atoms with Crippen LogP contribution in [0.3, 0.4) is 0 Å². The van der Waals surface area contributed by atoms with E-state index in [2.05, 4.69) is 5.32 Å². The number of carbonyl (C=O) groups is 4. The monoisotopic (exact) mass is 537 g/mol. The highest BCUT2D eigenvalue weighted by Crippen LogP contribution is 2.33. The highest BCUT2D eigenvalue weighted by molar-refractivity contribution is 5.81. The second-order valence-electron chi connectivity index (χ2n) is 12.6. The van der Waals surface area contributed by atoms with Crippen molar-refractivity contribution in [1.82, 2.24) is 5.32 Å². The van der Waals surface area contributed by atoms with Crippen LogP contribution < -0.4 is 14.8 Å². The first-order valence-electron chi connectivity index (χ1n) is 12.6. The first kappa shape index (κ1) is 32.9. The van der Waals surface area contributed by atoms with Crippen LogP contribution in [0, 0.1) is 16.2 Å². The third-order valence-electron chi connectivity index (χ3n) is 4.95. The van der Waals surface area contributed by atoms with E-state index in [0.717, 1.165) is 0 Å². The molecule has 0 aliphatic rings. The lowest BCUT2D eigenvalue weighted by atomic mass is 9.97. The van der Waals surface area contributed by atoms with Gasteiger partial charge in [-0.3, -0.25) is 14.4 Å². The maximum Gasteiger partial charge on any atom is 0.508 e. The van der Waals surface area contributed by atoms with Crippen molar-refractivity contribution in [3.63, 3.8) is 0 Å². The number of hydrogen-bond donors (Lipinski definition) is 2. The fourth-order valence-corrected chi connectivity index (χ4v) is 2.66. The van der Waals surface area contributed by atoms with Crippen molar-refractivity contribution in [2.24, 2.45) is 16.2 Å². The molecule has 38 heavy (non-hydrogen) atoms. The van der Waals surface area contributed by atoms with E-state index in [-0.39, 0.29) is 36.5 Å². The molecule has 0 aliphatic heterocycles. The third kappa shape index (κ3) is 11.9. The summed E-state index contributed by atoms with van der Waals surface area (Å²) in [6, 6.07) is 3.51. The standard InChI is InChI=1S/C28H43NO9/c1-17(36-25(34)35-16-26(2,3)4)15-29-19(22(30)31)13-18-11-12-20(37-23(32)27(5,6)7)21(14-18)38-24(33)28(8,9)10/h11-12,14,17,19,29H,13,15-16H2,1-10H3,(H,30,31)/t17?,19-/m0/s1. The van der Waals surface area contributed by atoms with E-state index in [1.165, 1.54) is 12.1 Å². The topological polar surface area (TPSA) is 137 Å². The maximum atomic E-state index is 12.6. The Morgan fingerprint density at radius 3 is 1.87 bits per heavy atom. The smallest absolute Gasteiger partial charge is 0.480 e. The minimum Gasteiger partial charge on any atom is -0.480 e. The molecular weight excluding hydrogens is 494 g/mol. The van der Waals surface area contributed by atoms with Crippen LogP contribution in [0.5, 0.6) is 11.5 Å². The molecule has 0 saturated heterocycles. The molecule has 0 amide bonds. The highest BCUT2D eigenvalue weighted by atomic mass is 16.7. The molecule has 0 radical (unpaired) electrons. The summed E-state index contributed by atoms with van der Waals surface area (Å²) in [4.78, 5) is 48.8. The molecule has 1 aromatic rings. The lowest BCUT2D eigenvalue weighted by Crippen LogP contribution is -2.42. The number of carbonyl (C=O) groups excluding carboxylic acids is 3. The second kappa shape index (κ2) is 13.1. The van der Waals surface area contributed by atoms with Crippen molar-refractivity contribution in [2.45, 2.75) is 87.8 Å². The third-order valence-corrected chi connectivity index (χ3v) is 4.95. The minimum atomic E-state index is -1.12. The van der Waals surface area contributed by atoms with E-state index in [9.17, 15) is 24.3 Å². The first-order chi connectivity index (χ1) is 17.2. The molecule has 0 bridgehead atoms. The van der Waals surface area contributed by atoms with Gasteiger partial charge in [-0.15, -0.1) is 0 Å². The van der Waals surface area contributed by atoms with Gasteiger partial charge < -0.3 is 29.4 Å². The summed E-state index contributed by atoms with van der Waals surface area (Å²) in [5.41, 5.74) is -1.30. The van der Waals surface area contributed by atoms with Gasteiger partial charge in [0.15, 0.2) is 11.5 Å². The lowest BCUT2D eigenvalue weighted by molar-refractivity contribution is -0.145. The average Bonchev–Trinajstić information content (AvgIpc) is 2.74. The molecule has 1 unspecified atom stereocenters. The van der Waals surface area contributed by atoms with Crippen molar-refractivity contribution in [1.29, 1.82) is 0 Å². The van der Waals surface area contributed by atoms with Crippen LogP contribution in [0.25, 0.3) is 0 Å². The zero-order valence-electron chi connectivity index (χ0n) is 24.2. The number of rotatable bonds is 10. The van der Waals surface area contributed by atoms with Crippen molar-refractivity contribution in [2.75, 3.05) is 13.2 Å². The Labute approximate surface area is 225 Å². The molecule has 0 heterocycles. The number of hydrogen-bond acceptors (Lipinski definition) is 9. The van der Waals surface area contributed by atoms with E-state index >= 15 is 0 Å². The maximum absolute atomic E-state index is 12.6. The van der Waals surface area contributed by atoms with E-state index in [4.69, 9.17) is 18.9 Å². The van der Waals surface area contributed by atoms with Crippen LogP contribution >= 0.6 is 0 Å². The molecule has 2 N–H and O–H groups in total. The van der Waals surface area contributed by atoms with Crippen LogP contribution in [0.4, 0.5) is 4.79 Å². The van der Waals surface area contributed by atoms with Crippen molar-refractivity contribution >= 4 is 24.1 Å². The Morgan fingerprint density at radius 2 is 1.39 bits per heavy atom. The van der Waals surface area contributed by atoms with Gasteiger partial charge in [0.2, 0.25) is 0 Å². The molecule has 2 atom stereocenters. The van der Waals surface area contributed by atoms with Crippen molar-refractivity contribution < 1.29 is 43.2 Å². The molecule has 0 saturated carbocycles. The largest absolute Gasteiger partial charge is 0.508 e. The molecule has 0 fully saturated rings. The predicted octanol–water partition coefficient (Wildman–Crippen LogP) is 4.76. The Morgan fingerprint density at radius 1 is 0.868 bits per heavy atom. The van der Waals surface area contributed by atoms with E-state index in [1.807, 2.05) is 20.8 Å². The fraction of sp³-hybridized carbons (Fsp3) is 0.643. The normalized spacial score (nSPS) is 13.7. The summed E-state index contributed by atoms with van der Waals surface area (Å²) in [7, 11) is 0. The molecule has 214 valence electrons. The van der Waals surface area contributed by atoms with Gasteiger partial charge in [0.05, 0.1) is 17.4 Å². The minimum absolute atomic E-state index is 0.0162. The Hall–Kier alpha value is -3.14. The second-order valence-corrected chi connectivity index (χ2v) is 12.6. The molecule has 0 aliphatic carbocycles. The Bertz CT molecular complexity index is 997. The zero-order valence-corrected chi connectivity index (χ0v) is 24.2. The summed E-state index contributed by atoms with van der Waals surface area (Å²) in [5.74, 6) is -2.10. The molecule has 1 rings (SSSR count). The van der Waals surface area contributed by atoms with E-state index in [0.29, 0.717) is 5.56 Å². The van der Waals surface area contributed by atoms with Gasteiger partial charge in [-0.05, 0) is 78.0 Å². The number of esters is 2. The quantitative estimate of drug-likeness (QED) is 0.317.